The molecule has 0 aromatic heterocycles. The Bertz CT molecular complexity index is 2700. The molecule has 6 aromatic rings. The molecule has 6 fully saturated rings. The van der Waals surface area contributed by atoms with Crippen molar-refractivity contribution >= 4 is 17.1 Å². The van der Waals surface area contributed by atoms with Crippen molar-refractivity contribution in [2.75, 3.05) is 4.90 Å². The Balaban J connectivity index is 0.992. The van der Waals surface area contributed by atoms with Crippen LogP contribution in [0.15, 0.2) is 127 Å². The van der Waals surface area contributed by atoms with E-state index in [0.717, 1.165) is 35.5 Å². The van der Waals surface area contributed by atoms with Crippen LogP contribution >= 0.6 is 0 Å². The third-order valence-electron chi connectivity index (χ3n) is 17.9. The van der Waals surface area contributed by atoms with Crippen molar-refractivity contribution in [1.82, 2.24) is 0 Å². The summed E-state index contributed by atoms with van der Waals surface area (Å²) in [6.07, 6.45) is 12.6. The lowest BCUT2D eigenvalue weighted by Crippen LogP contribution is -2.55. The van der Waals surface area contributed by atoms with Crippen molar-refractivity contribution in [3.05, 3.63) is 161 Å². The number of anilines is 3. The first kappa shape index (κ1) is 32.1. The van der Waals surface area contributed by atoms with Crippen molar-refractivity contribution in [3.8, 4) is 33.4 Å². The van der Waals surface area contributed by atoms with E-state index in [1.54, 1.807) is 22.3 Å². The predicted octanol–water partition coefficient (Wildman–Crippen LogP) is 14.3. The Kier molecular flexibility index (Phi) is 6.08. The molecule has 0 heterocycles. The number of hydrogen-bond acceptors (Lipinski definition) is 1. The predicted molar refractivity (Wildman–Crippen MR) is 234 cm³/mol. The lowest BCUT2D eigenvalue weighted by atomic mass is 9.43. The van der Waals surface area contributed by atoms with Gasteiger partial charge in [-0.3, -0.25) is 0 Å². The zero-order chi connectivity index (χ0) is 37.4. The number of nitrogens with zero attached hydrogens (tertiary/aromatic N) is 1. The topological polar surface area (TPSA) is 3.24 Å². The molecule has 1 unspecified atom stereocenters. The van der Waals surface area contributed by atoms with E-state index in [1.165, 1.54) is 119 Å². The van der Waals surface area contributed by atoms with Crippen LogP contribution in [-0.2, 0) is 16.2 Å². The van der Waals surface area contributed by atoms with E-state index in [-0.39, 0.29) is 16.2 Å². The lowest BCUT2D eigenvalue weighted by molar-refractivity contribution is -0.0399. The fraction of sp³-hybridized carbons (Fsp3) is 0.357. The molecule has 0 amide bonds. The molecule has 0 N–H and O–H groups in total. The Labute approximate surface area is 338 Å². The Morgan fingerprint density at radius 2 is 0.912 bits per heavy atom. The van der Waals surface area contributed by atoms with Crippen LogP contribution in [0.4, 0.5) is 17.1 Å². The smallest absolute Gasteiger partial charge is 0.0468 e. The summed E-state index contributed by atoms with van der Waals surface area (Å²) in [7, 11) is 0. The molecule has 15 rings (SSSR count). The van der Waals surface area contributed by atoms with Crippen LogP contribution in [0.1, 0.15) is 105 Å². The molecule has 6 aromatic carbocycles. The van der Waals surface area contributed by atoms with E-state index >= 15 is 0 Å². The van der Waals surface area contributed by atoms with Gasteiger partial charge in [-0.25, -0.2) is 0 Å². The van der Waals surface area contributed by atoms with Crippen LogP contribution in [0.5, 0.6) is 0 Å². The van der Waals surface area contributed by atoms with Gasteiger partial charge in [-0.1, -0.05) is 111 Å². The van der Waals surface area contributed by atoms with Gasteiger partial charge in [0.15, 0.2) is 0 Å². The van der Waals surface area contributed by atoms with E-state index in [4.69, 9.17) is 0 Å². The molecule has 0 aliphatic heterocycles. The molecule has 280 valence electrons. The van der Waals surface area contributed by atoms with E-state index in [9.17, 15) is 0 Å². The summed E-state index contributed by atoms with van der Waals surface area (Å²) < 4.78 is 0. The maximum Gasteiger partial charge on any atom is 0.0468 e. The maximum absolute atomic E-state index is 2.70. The van der Waals surface area contributed by atoms with E-state index < -0.39 is 0 Å². The van der Waals surface area contributed by atoms with E-state index in [2.05, 4.69) is 146 Å². The second kappa shape index (κ2) is 10.8. The molecule has 6 bridgehead atoms. The number of rotatable bonds is 3. The van der Waals surface area contributed by atoms with E-state index in [1.807, 2.05) is 0 Å². The summed E-state index contributed by atoms with van der Waals surface area (Å²) in [5, 5.41) is 0. The highest BCUT2D eigenvalue weighted by Gasteiger charge is 2.62. The minimum atomic E-state index is -0.0668. The number of hydrogen-bond donors (Lipinski definition) is 0. The van der Waals surface area contributed by atoms with Gasteiger partial charge in [-0.05, 0) is 190 Å². The molecule has 9 aliphatic rings. The molecule has 9 aliphatic carbocycles. The molecule has 6 saturated carbocycles. The molecule has 57 heavy (non-hydrogen) atoms. The summed E-state index contributed by atoms with van der Waals surface area (Å²) in [6, 6.07) is 51.0. The second-order valence-corrected chi connectivity index (χ2v) is 20.5. The lowest BCUT2D eigenvalue weighted by Gasteiger charge is -2.61. The molecule has 1 nitrogen and oxygen atoms in total. The molecule has 0 radical (unpaired) electrons. The van der Waals surface area contributed by atoms with Crippen LogP contribution in [0.2, 0.25) is 0 Å². The normalized spacial score (nSPS) is 31.7. The first-order chi connectivity index (χ1) is 27.9. The maximum atomic E-state index is 2.70. The molecule has 0 saturated heterocycles. The summed E-state index contributed by atoms with van der Waals surface area (Å²) >= 11 is 0. The van der Waals surface area contributed by atoms with Crippen LogP contribution in [0.25, 0.3) is 33.4 Å². The Morgan fingerprint density at radius 3 is 1.58 bits per heavy atom. The SMILES string of the molecule is CC1(C)c2ccccc2-c2ccc(N(c3ccc4c(c3)-c3ccccc3[C@@]43CC4CC[C@H]3C4)c3ccc4c(c3)C3(c5ccccc5-4)C4CC5CC(C4)CC3C5)cc21. The van der Waals surface area contributed by atoms with Crippen LogP contribution in [0, 0.1) is 35.5 Å². The van der Waals surface area contributed by atoms with Crippen LogP contribution in [0.3, 0.4) is 0 Å². The Morgan fingerprint density at radius 1 is 0.404 bits per heavy atom. The average molecular weight is 738 g/mol. The summed E-state index contributed by atoms with van der Waals surface area (Å²) in [6.45, 7) is 4.85. The number of fused-ring (bicyclic) bond motifs is 14. The van der Waals surface area contributed by atoms with Gasteiger partial charge >= 0.3 is 0 Å². The zero-order valence-electron chi connectivity index (χ0n) is 33.4. The fourth-order valence-corrected chi connectivity index (χ4v) is 16.1. The van der Waals surface area contributed by atoms with Gasteiger partial charge in [0.05, 0.1) is 0 Å². The van der Waals surface area contributed by atoms with E-state index in [0.29, 0.717) is 0 Å². The van der Waals surface area contributed by atoms with Gasteiger partial charge in [0.25, 0.3) is 0 Å². The third-order valence-corrected chi connectivity index (χ3v) is 17.9. The summed E-state index contributed by atoms with van der Waals surface area (Å²) in [4.78, 5) is 2.65. The minimum absolute atomic E-state index is 0.0668. The molecule has 3 atom stereocenters. The Hall–Kier alpha value is -4.88. The van der Waals surface area contributed by atoms with Gasteiger partial charge in [0.1, 0.15) is 0 Å². The van der Waals surface area contributed by atoms with Gasteiger partial charge in [0, 0.05) is 33.3 Å². The van der Waals surface area contributed by atoms with Gasteiger partial charge < -0.3 is 4.90 Å². The molecular weight excluding hydrogens is 687 g/mol. The monoisotopic (exact) mass is 737 g/mol. The average Bonchev–Trinajstić information content (AvgIpc) is 4.03. The van der Waals surface area contributed by atoms with Gasteiger partial charge in [-0.15, -0.1) is 0 Å². The highest BCUT2D eigenvalue weighted by atomic mass is 15.1. The van der Waals surface area contributed by atoms with Crippen molar-refractivity contribution in [2.24, 2.45) is 35.5 Å². The second-order valence-electron chi connectivity index (χ2n) is 20.5. The van der Waals surface area contributed by atoms with Gasteiger partial charge in [-0.2, -0.15) is 0 Å². The highest BCUT2D eigenvalue weighted by Crippen LogP contribution is 2.70. The van der Waals surface area contributed by atoms with Crippen molar-refractivity contribution in [3.63, 3.8) is 0 Å². The van der Waals surface area contributed by atoms with Crippen LogP contribution in [-0.4, -0.2) is 0 Å². The zero-order valence-corrected chi connectivity index (χ0v) is 33.4. The minimum Gasteiger partial charge on any atom is -0.310 e. The summed E-state index contributed by atoms with van der Waals surface area (Å²) in [5.41, 5.74) is 22.2. The van der Waals surface area contributed by atoms with Crippen LogP contribution < -0.4 is 4.90 Å². The summed E-state index contributed by atoms with van der Waals surface area (Å²) in [5.74, 6) is 4.99. The molecule has 1 heteroatoms. The first-order valence-corrected chi connectivity index (χ1v) is 22.5. The fourth-order valence-electron chi connectivity index (χ4n) is 16.1. The van der Waals surface area contributed by atoms with Crippen molar-refractivity contribution < 1.29 is 0 Å². The third kappa shape index (κ3) is 3.84. The largest absolute Gasteiger partial charge is 0.310 e. The molecule has 2 spiro atoms. The molecular formula is C56H51N. The highest BCUT2D eigenvalue weighted by molar-refractivity contribution is 5.91. The standard InChI is InChI=1S/C56H51N/c1-54(2)48-12-6-3-9-42(48)45-20-17-40(30-52(45)54)57(39-19-22-50-47(29-39)44-11-4-7-13-49(44)55(50)32-33-15-16-36(55)24-33)41-18-21-46-43-10-5-8-14-51(43)56(53(46)31-41)37-25-34-23-35(27-37)28-38(56)26-34/h3-14,17-22,29-31,33-38H,15-16,23-28,32H2,1-2H3/t33?,34?,35?,36-,37?,38?,55-,56?/m0/s1. The quantitative estimate of drug-likeness (QED) is 0.175. The van der Waals surface area contributed by atoms with Gasteiger partial charge in [0.2, 0.25) is 0 Å². The van der Waals surface area contributed by atoms with Crippen molar-refractivity contribution in [1.29, 1.82) is 0 Å². The first-order valence-electron chi connectivity index (χ1n) is 22.5. The van der Waals surface area contributed by atoms with Crippen molar-refractivity contribution in [2.45, 2.75) is 87.9 Å². The number of benzene rings is 6.